The van der Waals surface area contributed by atoms with Crippen molar-refractivity contribution in [1.82, 2.24) is 0 Å². The second-order valence-corrected chi connectivity index (χ2v) is 3.84. The lowest BCUT2D eigenvalue weighted by molar-refractivity contribution is -0.132. The maximum atomic E-state index is 10.8. The Morgan fingerprint density at radius 3 is 2.63 bits per heavy atom. The monoisotopic (exact) mass is 266 g/mol. The number of benzene rings is 1. The molecule has 1 aromatic carbocycles. The molecule has 0 fully saturated rings. The summed E-state index contributed by atoms with van der Waals surface area (Å²) in [6.45, 7) is 1.86. The van der Waals surface area contributed by atoms with Gasteiger partial charge in [-0.2, -0.15) is 0 Å². The van der Waals surface area contributed by atoms with Crippen molar-refractivity contribution in [3.05, 3.63) is 35.4 Å². The van der Waals surface area contributed by atoms with E-state index >= 15 is 0 Å². The first-order valence-electron chi connectivity index (χ1n) is 5.95. The molecule has 0 spiro atoms. The highest BCUT2D eigenvalue weighted by molar-refractivity contribution is 5.86. The fraction of sp³-hybridized carbons (Fsp3) is 0.357. The molecule has 0 unspecified atom stereocenters. The van der Waals surface area contributed by atoms with Crippen LogP contribution in [0.25, 0.3) is 0 Å². The van der Waals surface area contributed by atoms with Crippen LogP contribution in [0.3, 0.4) is 0 Å². The molecule has 5 nitrogen and oxygen atoms in total. The van der Waals surface area contributed by atoms with E-state index in [1.807, 2.05) is 0 Å². The molecule has 0 radical (unpaired) electrons. The van der Waals surface area contributed by atoms with E-state index in [0.717, 1.165) is 5.56 Å². The molecule has 5 heteroatoms. The van der Waals surface area contributed by atoms with Gasteiger partial charge in [-0.05, 0) is 30.2 Å². The normalized spacial score (nSPS) is 11.2. The first kappa shape index (κ1) is 15.0. The minimum atomic E-state index is -0.936. The fourth-order valence-corrected chi connectivity index (χ4v) is 1.54. The largest absolute Gasteiger partial charge is 0.493 e. The fourth-order valence-electron chi connectivity index (χ4n) is 1.54. The van der Waals surface area contributed by atoms with Gasteiger partial charge in [0.2, 0.25) is 0 Å². The molecule has 0 heterocycles. The molecule has 0 aliphatic heterocycles. The number of carboxylic acids is 1. The quantitative estimate of drug-likeness (QED) is 0.738. The lowest BCUT2D eigenvalue weighted by Gasteiger charge is -2.10. The number of aliphatic hydroxyl groups excluding tert-OH is 1. The molecule has 104 valence electrons. The Kier molecular flexibility index (Phi) is 5.89. The number of aliphatic hydroxyl groups is 1. The summed E-state index contributed by atoms with van der Waals surface area (Å²) in [4.78, 5) is 10.8. The molecule has 0 saturated carbocycles. The molecule has 0 amide bonds. The standard InChI is InChI=1S/C14H18O5/c1-3-11(14(16)17)6-7-19-12-5-4-10(9-15)8-13(12)18-2/h4-6,8,15H,3,7,9H2,1-2H3,(H,16,17)/b11-6-. The number of carbonyl (C=O) groups is 1. The third kappa shape index (κ3) is 4.30. The van der Waals surface area contributed by atoms with Gasteiger partial charge in [0.1, 0.15) is 6.61 Å². The van der Waals surface area contributed by atoms with Crippen LogP contribution in [0, 0.1) is 0 Å². The van der Waals surface area contributed by atoms with Crippen molar-refractivity contribution in [2.45, 2.75) is 20.0 Å². The zero-order chi connectivity index (χ0) is 14.3. The van der Waals surface area contributed by atoms with Crippen molar-refractivity contribution in [2.75, 3.05) is 13.7 Å². The van der Waals surface area contributed by atoms with Crippen molar-refractivity contribution >= 4 is 5.97 Å². The summed E-state index contributed by atoms with van der Waals surface area (Å²) in [6, 6.07) is 5.08. The molecule has 0 saturated heterocycles. The molecular weight excluding hydrogens is 248 g/mol. The Labute approximate surface area is 112 Å². The number of carboxylic acid groups (broad SMARTS) is 1. The molecule has 0 bridgehead atoms. The van der Waals surface area contributed by atoms with Crippen LogP contribution in [-0.4, -0.2) is 29.9 Å². The highest BCUT2D eigenvalue weighted by Gasteiger charge is 2.06. The number of aliphatic carboxylic acids is 1. The van der Waals surface area contributed by atoms with Gasteiger partial charge in [0.15, 0.2) is 11.5 Å². The summed E-state index contributed by atoms with van der Waals surface area (Å²) in [5, 5.41) is 17.9. The molecule has 1 rings (SSSR count). The van der Waals surface area contributed by atoms with Crippen LogP contribution in [0.5, 0.6) is 11.5 Å². The number of hydrogen-bond donors (Lipinski definition) is 2. The van der Waals surface area contributed by atoms with Gasteiger partial charge in [-0.3, -0.25) is 0 Å². The van der Waals surface area contributed by atoms with Gasteiger partial charge in [0.25, 0.3) is 0 Å². The SMILES string of the molecule is CC/C(=C/COc1ccc(CO)cc1OC)C(=O)O. The van der Waals surface area contributed by atoms with Crippen LogP contribution in [0.4, 0.5) is 0 Å². The maximum absolute atomic E-state index is 10.8. The van der Waals surface area contributed by atoms with Gasteiger partial charge < -0.3 is 19.7 Å². The van der Waals surface area contributed by atoms with E-state index < -0.39 is 5.97 Å². The first-order valence-corrected chi connectivity index (χ1v) is 5.95. The van der Waals surface area contributed by atoms with E-state index in [-0.39, 0.29) is 13.2 Å². The highest BCUT2D eigenvalue weighted by Crippen LogP contribution is 2.28. The molecular formula is C14H18O5. The van der Waals surface area contributed by atoms with E-state index in [9.17, 15) is 4.79 Å². The minimum Gasteiger partial charge on any atom is -0.493 e. The number of hydrogen-bond acceptors (Lipinski definition) is 4. The Morgan fingerprint density at radius 2 is 2.11 bits per heavy atom. The van der Waals surface area contributed by atoms with Crippen LogP contribution in [-0.2, 0) is 11.4 Å². The summed E-state index contributed by atoms with van der Waals surface area (Å²) in [5.74, 6) is 0.0822. The third-order valence-corrected chi connectivity index (χ3v) is 2.63. The maximum Gasteiger partial charge on any atom is 0.331 e. The van der Waals surface area contributed by atoms with Gasteiger partial charge in [0, 0.05) is 5.57 Å². The van der Waals surface area contributed by atoms with Gasteiger partial charge in [0.05, 0.1) is 13.7 Å². The van der Waals surface area contributed by atoms with Gasteiger partial charge >= 0.3 is 5.97 Å². The predicted molar refractivity (Wildman–Crippen MR) is 70.4 cm³/mol. The molecule has 0 aromatic heterocycles. The van der Waals surface area contributed by atoms with E-state index in [2.05, 4.69) is 0 Å². The Hall–Kier alpha value is -2.01. The van der Waals surface area contributed by atoms with Crippen LogP contribution in [0.15, 0.2) is 29.8 Å². The predicted octanol–water partition coefficient (Wildman–Crippen LogP) is 1.99. The van der Waals surface area contributed by atoms with Crippen LogP contribution >= 0.6 is 0 Å². The smallest absolute Gasteiger partial charge is 0.331 e. The second kappa shape index (κ2) is 7.43. The van der Waals surface area contributed by atoms with Gasteiger partial charge in [-0.25, -0.2) is 4.79 Å². The van der Waals surface area contributed by atoms with Crippen molar-refractivity contribution < 1.29 is 24.5 Å². The van der Waals surface area contributed by atoms with Crippen LogP contribution in [0.2, 0.25) is 0 Å². The van der Waals surface area contributed by atoms with Crippen molar-refractivity contribution in [1.29, 1.82) is 0 Å². The number of rotatable bonds is 7. The van der Waals surface area contributed by atoms with E-state index in [1.54, 1.807) is 25.1 Å². The Bertz CT molecular complexity index is 465. The zero-order valence-corrected chi connectivity index (χ0v) is 11.0. The number of ether oxygens (including phenoxy) is 2. The molecule has 0 atom stereocenters. The molecule has 0 aliphatic rings. The third-order valence-electron chi connectivity index (χ3n) is 2.63. The Morgan fingerprint density at radius 1 is 1.37 bits per heavy atom. The van der Waals surface area contributed by atoms with Crippen molar-refractivity contribution in [3.8, 4) is 11.5 Å². The Balaban J connectivity index is 2.75. The van der Waals surface area contributed by atoms with Gasteiger partial charge in [-0.15, -0.1) is 0 Å². The van der Waals surface area contributed by atoms with E-state index in [1.165, 1.54) is 13.2 Å². The van der Waals surface area contributed by atoms with Crippen LogP contribution < -0.4 is 9.47 Å². The summed E-state index contributed by atoms with van der Waals surface area (Å²) in [7, 11) is 1.51. The topological polar surface area (TPSA) is 76.0 Å². The van der Waals surface area contributed by atoms with E-state index in [4.69, 9.17) is 19.7 Å². The summed E-state index contributed by atoms with van der Waals surface area (Å²) >= 11 is 0. The minimum absolute atomic E-state index is 0.0739. The summed E-state index contributed by atoms with van der Waals surface area (Å²) in [5.41, 5.74) is 1.03. The summed E-state index contributed by atoms with van der Waals surface area (Å²) in [6.07, 6.45) is 1.97. The summed E-state index contributed by atoms with van der Waals surface area (Å²) < 4.78 is 10.6. The second-order valence-electron chi connectivity index (χ2n) is 3.84. The van der Waals surface area contributed by atoms with Crippen LogP contribution in [0.1, 0.15) is 18.9 Å². The van der Waals surface area contributed by atoms with E-state index in [0.29, 0.717) is 23.5 Å². The molecule has 1 aromatic rings. The first-order chi connectivity index (χ1) is 9.12. The highest BCUT2D eigenvalue weighted by atomic mass is 16.5. The molecule has 19 heavy (non-hydrogen) atoms. The zero-order valence-electron chi connectivity index (χ0n) is 11.0. The van der Waals surface area contributed by atoms with Crippen molar-refractivity contribution in [3.63, 3.8) is 0 Å². The molecule has 0 aliphatic carbocycles. The lowest BCUT2D eigenvalue weighted by atomic mass is 10.2. The lowest BCUT2D eigenvalue weighted by Crippen LogP contribution is -2.03. The number of methoxy groups -OCH3 is 1. The van der Waals surface area contributed by atoms with Crippen molar-refractivity contribution in [2.24, 2.45) is 0 Å². The molecule has 2 N–H and O–H groups in total. The average molecular weight is 266 g/mol. The average Bonchev–Trinajstić information content (AvgIpc) is 2.43. The van der Waals surface area contributed by atoms with Gasteiger partial charge in [-0.1, -0.05) is 13.0 Å².